The van der Waals surface area contributed by atoms with Gasteiger partial charge in [0.05, 0.1) is 0 Å². The van der Waals surface area contributed by atoms with Crippen LogP contribution in [0.3, 0.4) is 0 Å². The van der Waals surface area contributed by atoms with E-state index in [4.69, 9.17) is 4.74 Å². The lowest BCUT2D eigenvalue weighted by atomic mass is 9.84. The first-order chi connectivity index (χ1) is 14.0. The number of likely N-dealkylation sites (N-methyl/N-ethyl adjacent to an activating group) is 1. The van der Waals surface area contributed by atoms with E-state index in [1.807, 2.05) is 56.6 Å². The Labute approximate surface area is 173 Å². The molecule has 0 aliphatic carbocycles. The Morgan fingerprint density at radius 2 is 1.48 bits per heavy atom. The van der Waals surface area contributed by atoms with Crippen molar-refractivity contribution in [2.45, 2.75) is 12.3 Å². The zero-order valence-corrected chi connectivity index (χ0v) is 17.2. The molecule has 1 unspecified atom stereocenters. The maximum atomic E-state index is 9.69. The Bertz CT molecular complexity index is 900. The summed E-state index contributed by atoms with van der Waals surface area (Å²) >= 11 is 0. The average molecular weight is 388 g/mol. The molecule has 1 atom stereocenters. The number of phenols is 1. The third-order valence-electron chi connectivity index (χ3n) is 5.02. The van der Waals surface area contributed by atoms with Gasteiger partial charge in [0.2, 0.25) is 0 Å². The first-order valence-corrected chi connectivity index (χ1v) is 9.92. The molecule has 0 aliphatic heterocycles. The molecule has 29 heavy (non-hydrogen) atoms. The Morgan fingerprint density at radius 1 is 0.897 bits per heavy atom. The number of aromatic hydroxyl groups is 1. The molecule has 3 aromatic rings. The van der Waals surface area contributed by atoms with Crippen molar-refractivity contribution in [1.82, 2.24) is 4.90 Å². The highest BCUT2D eigenvalue weighted by molar-refractivity contribution is 5.65. The summed E-state index contributed by atoms with van der Waals surface area (Å²) in [4.78, 5) is 2.10. The third kappa shape index (κ3) is 5.97. The molecule has 0 amide bonds. The lowest BCUT2D eigenvalue weighted by Gasteiger charge is -2.20. The lowest BCUT2D eigenvalue weighted by molar-refractivity contribution is 0.261. The molecule has 0 aromatic heterocycles. The van der Waals surface area contributed by atoms with Gasteiger partial charge >= 0.3 is 0 Å². The molecular weight excluding hydrogens is 358 g/mol. The highest BCUT2D eigenvalue weighted by atomic mass is 16.5. The second-order valence-corrected chi connectivity index (χ2v) is 7.54. The number of ether oxygens (including phenoxy) is 1. The summed E-state index contributed by atoms with van der Waals surface area (Å²) in [6.45, 7) is 5.88. The van der Waals surface area contributed by atoms with Gasteiger partial charge in [-0.2, -0.15) is 0 Å². The number of benzene rings is 3. The molecule has 0 bridgehead atoms. The van der Waals surface area contributed by atoms with Crippen molar-refractivity contribution in [2.24, 2.45) is 0 Å². The van der Waals surface area contributed by atoms with Crippen LogP contribution < -0.4 is 4.74 Å². The zero-order chi connectivity index (χ0) is 20.6. The van der Waals surface area contributed by atoms with E-state index in [9.17, 15) is 5.11 Å². The van der Waals surface area contributed by atoms with Crippen molar-refractivity contribution in [1.29, 1.82) is 0 Å². The first-order valence-electron chi connectivity index (χ1n) is 9.92. The molecule has 0 fully saturated rings. The van der Waals surface area contributed by atoms with Gasteiger partial charge in [-0.1, -0.05) is 61.2 Å². The van der Waals surface area contributed by atoms with Crippen molar-refractivity contribution in [2.75, 3.05) is 27.2 Å². The summed E-state index contributed by atoms with van der Waals surface area (Å²) in [5, 5.41) is 9.69. The van der Waals surface area contributed by atoms with Gasteiger partial charge in [0, 0.05) is 12.5 Å². The molecule has 0 radical (unpaired) electrons. The highest BCUT2D eigenvalue weighted by Gasteiger charge is 2.17. The minimum absolute atomic E-state index is 0.152. The monoisotopic (exact) mass is 387 g/mol. The van der Waals surface area contributed by atoms with Crippen LogP contribution in [0.15, 0.2) is 85.4 Å². The molecule has 3 rings (SSSR count). The van der Waals surface area contributed by atoms with Gasteiger partial charge in [-0.15, -0.1) is 0 Å². The van der Waals surface area contributed by atoms with E-state index in [2.05, 4.69) is 35.7 Å². The Balaban J connectivity index is 1.81. The fourth-order valence-corrected chi connectivity index (χ4v) is 3.32. The second-order valence-electron chi connectivity index (χ2n) is 7.54. The fraction of sp³-hybridized carbons (Fsp3) is 0.231. The number of rotatable bonds is 9. The number of hydrogen-bond donors (Lipinski definition) is 1. The maximum absolute atomic E-state index is 9.69. The molecule has 0 aliphatic rings. The Morgan fingerprint density at radius 3 is 2.07 bits per heavy atom. The van der Waals surface area contributed by atoms with Crippen molar-refractivity contribution in [3.05, 3.63) is 102 Å². The van der Waals surface area contributed by atoms with Crippen molar-refractivity contribution in [3.8, 4) is 11.5 Å². The summed E-state index contributed by atoms with van der Waals surface area (Å²) in [5.41, 5.74) is 4.60. The van der Waals surface area contributed by atoms with Crippen molar-refractivity contribution in [3.63, 3.8) is 0 Å². The third-order valence-corrected chi connectivity index (χ3v) is 5.02. The maximum Gasteiger partial charge on any atom is 0.119 e. The molecule has 3 aromatic carbocycles. The summed E-state index contributed by atoms with van der Waals surface area (Å²) in [6, 6.07) is 26.1. The molecule has 3 heteroatoms. The lowest BCUT2D eigenvalue weighted by Crippen LogP contribution is -2.19. The molecule has 3 nitrogen and oxygen atoms in total. The summed E-state index contributed by atoms with van der Waals surface area (Å²) in [5.74, 6) is 1.31. The van der Waals surface area contributed by atoms with E-state index in [1.165, 1.54) is 5.56 Å². The molecule has 0 saturated carbocycles. The van der Waals surface area contributed by atoms with Crippen LogP contribution >= 0.6 is 0 Å². The van der Waals surface area contributed by atoms with Crippen LogP contribution in [-0.2, 0) is 0 Å². The quantitative estimate of drug-likeness (QED) is 0.521. The summed E-state index contributed by atoms with van der Waals surface area (Å²) in [7, 11) is 4.07. The number of hydrogen-bond acceptors (Lipinski definition) is 3. The van der Waals surface area contributed by atoms with Crippen molar-refractivity contribution < 1.29 is 9.84 Å². The topological polar surface area (TPSA) is 32.7 Å². The van der Waals surface area contributed by atoms with Crippen LogP contribution in [0.25, 0.3) is 5.57 Å². The van der Waals surface area contributed by atoms with Crippen molar-refractivity contribution >= 4 is 5.57 Å². The minimum atomic E-state index is 0.152. The van der Waals surface area contributed by atoms with E-state index < -0.39 is 0 Å². The SMILES string of the molecule is C=C(CC(c1ccc(O)cc1)c1ccc(OCCN(C)C)cc1)c1ccccc1. The second kappa shape index (κ2) is 9.94. The molecule has 0 saturated heterocycles. The van der Waals surface area contributed by atoms with Gasteiger partial charge in [-0.05, 0) is 67.0 Å². The predicted molar refractivity (Wildman–Crippen MR) is 121 cm³/mol. The standard InChI is InChI=1S/C26H29NO2/c1-20(21-7-5-4-6-8-21)19-26(22-9-13-24(28)14-10-22)23-11-15-25(16-12-23)29-18-17-27(2)3/h4-16,26,28H,1,17-19H2,2-3H3. The average Bonchev–Trinajstić information content (AvgIpc) is 2.74. The van der Waals surface area contributed by atoms with Gasteiger partial charge in [-0.25, -0.2) is 0 Å². The van der Waals surface area contributed by atoms with E-state index >= 15 is 0 Å². The van der Waals surface area contributed by atoms with E-state index in [0.717, 1.165) is 35.4 Å². The molecule has 0 spiro atoms. The summed E-state index contributed by atoms with van der Waals surface area (Å²) in [6.07, 6.45) is 0.801. The van der Waals surface area contributed by atoms with Gasteiger partial charge in [0.1, 0.15) is 18.1 Å². The summed E-state index contributed by atoms with van der Waals surface area (Å²) < 4.78 is 5.83. The van der Waals surface area contributed by atoms with Crippen LogP contribution in [0.5, 0.6) is 11.5 Å². The minimum Gasteiger partial charge on any atom is -0.508 e. The van der Waals surface area contributed by atoms with Crippen LogP contribution in [0.1, 0.15) is 29.0 Å². The van der Waals surface area contributed by atoms with Crippen LogP contribution in [0.2, 0.25) is 0 Å². The van der Waals surface area contributed by atoms with E-state index in [-0.39, 0.29) is 11.7 Å². The van der Waals surface area contributed by atoms with E-state index in [1.54, 1.807) is 12.1 Å². The Kier molecular flexibility index (Phi) is 7.09. The highest BCUT2D eigenvalue weighted by Crippen LogP contribution is 2.35. The number of phenolic OH excluding ortho intramolecular Hbond substituents is 1. The fourth-order valence-electron chi connectivity index (χ4n) is 3.32. The van der Waals surface area contributed by atoms with Gasteiger partial charge in [-0.3, -0.25) is 0 Å². The molecule has 0 heterocycles. The molecular formula is C26H29NO2. The van der Waals surface area contributed by atoms with Crippen LogP contribution in [0.4, 0.5) is 0 Å². The van der Waals surface area contributed by atoms with E-state index in [0.29, 0.717) is 6.61 Å². The first kappa shape index (κ1) is 20.7. The smallest absolute Gasteiger partial charge is 0.119 e. The largest absolute Gasteiger partial charge is 0.508 e. The van der Waals surface area contributed by atoms with Gasteiger partial charge in [0.25, 0.3) is 0 Å². The number of allylic oxidation sites excluding steroid dienone is 1. The van der Waals surface area contributed by atoms with Crippen LogP contribution in [0, 0.1) is 0 Å². The normalized spacial score (nSPS) is 12.0. The number of nitrogens with zero attached hydrogens (tertiary/aromatic N) is 1. The van der Waals surface area contributed by atoms with Gasteiger partial charge < -0.3 is 14.7 Å². The van der Waals surface area contributed by atoms with Gasteiger partial charge in [0.15, 0.2) is 0 Å². The zero-order valence-electron chi connectivity index (χ0n) is 17.2. The van der Waals surface area contributed by atoms with Crippen LogP contribution in [-0.4, -0.2) is 37.3 Å². The molecule has 1 N–H and O–H groups in total. The predicted octanol–water partition coefficient (Wildman–Crippen LogP) is 5.57. The molecule has 150 valence electrons. The Hall–Kier alpha value is -3.04.